The van der Waals surface area contributed by atoms with Crippen LogP contribution in [0.25, 0.3) is 0 Å². The zero-order valence-electron chi connectivity index (χ0n) is 27.3. The van der Waals surface area contributed by atoms with Gasteiger partial charge in [-0.25, -0.2) is 4.79 Å². The highest BCUT2D eigenvalue weighted by atomic mass is 16.5. The zero-order chi connectivity index (χ0) is 33.0. The molecule has 46 heavy (non-hydrogen) atoms. The predicted molar refractivity (Wildman–Crippen MR) is 174 cm³/mol. The number of carbonyl (C=O) groups excluding carboxylic acids is 3. The van der Waals surface area contributed by atoms with Crippen molar-refractivity contribution < 1.29 is 38.8 Å². The maximum absolute atomic E-state index is 13.2. The highest BCUT2D eigenvalue weighted by Gasteiger charge is 2.44. The summed E-state index contributed by atoms with van der Waals surface area (Å²) >= 11 is 0. The van der Waals surface area contributed by atoms with Crippen molar-refractivity contribution in [3.63, 3.8) is 0 Å². The molecule has 0 unspecified atom stereocenters. The van der Waals surface area contributed by atoms with Gasteiger partial charge in [0.25, 0.3) is 0 Å². The summed E-state index contributed by atoms with van der Waals surface area (Å²) in [6.07, 6.45) is 13.2. The molecule has 6 rings (SSSR count). The lowest BCUT2D eigenvalue weighted by Gasteiger charge is -2.29. The number of esters is 1. The zero-order valence-corrected chi connectivity index (χ0v) is 27.3. The summed E-state index contributed by atoms with van der Waals surface area (Å²) in [6, 6.07) is 1.02. The van der Waals surface area contributed by atoms with E-state index < -0.39 is 42.3 Å². The van der Waals surface area contributed by atoms with Crippen molar-refractivity contribution in [1.29, 1.82) is 0 Å². The molecular weight excluding hydrogens is 588 g/mol. The summed E-state index contributed by atoms with van der Waals surface area (Å²) in [4.78, 5) is 38.8. The van der Waals surface area contributed by atoms with E-state index in [9.17, 15) is 24.6 Å². The minimum Gasteiger partial charge on any atom is -0.505 e. The molecule has 0 spiro atoms. The smallest absolute Gasteiger partial charge is 0.328 e. The van der Waals surface area contributed by atoms with Gasteiger partial charge in [0.15, 0.2) is 0 Å². The van der Waals surface area contributed by atoms with Gasteiger partial charge in [0.1, 0.15) is 35.9 Å². The summed E-state index contributed by atoms with van der Waals surface area (Å²) in [5.74, 6) is -1.08. The van der Waals surface area contributed by atoms with Gasteiger partial charge in [-0.1, -0.05) is 56.6 Å². The molecular formula is C36H48N2O8. The van der Waals surface area contributed by atoms with Crippen molar-refractivity contribution in [3.05, 3.63) is 53.1 Å². The van der Waals surface area contributed by atoms with Gasteiger partial charge in [0.05, 0.1) is 18.2 Å². The lowest BCUT2D eigenvalue weighted by Crippen LogP contribution is -2.45. The van der Waals surface area contributed by atoms with Crippen LogP contribution in [0.2, 0.25) is 0 Å². The molecule has 3 aliphatic carbocycles. The van der Waals surface area contributed by atoms with Gasteiger partial charge in [0, 0.05) is 42.4 Å². The number of aryl methyl sites for hydroxylation is 1. The van der Waals surface area contributed by atoms with Gasteiger partial charge in [-0.05, 0) is 51.2 Å². The molecule has 1 aromatic rings. The van der Waals surface area contributed by atoms with Crippen LogP contribution in [0.15, 0.2) is 42.0 Å². The Morgan fingerprint density at radius 3 is 2.65 bits per heavy atom. The van der Waals surface area contributed by atoms with Crippen molar-refractivity contribution in [3.8, 4) is 11.5 Å². The van der Waals surface area contributed by atoms with E-state index in [0.29, 0.717) is 47.4 Å². The van der Waals surface area contributed by atoms with Crippen LogP contribution in [0.5, 0.6) is 11.5 Å². The Morgan fingerprint density at radius 1 is 1.15 bits per heavy atom. The van der Waals surface area contributed by atoms with E-state index in [4.69, 9.17) is 14.2 Å². The molecule has 1 fully saturated rings. The molecule has 10 heteroatoms. The number of anilines is 1. The molecule has 0 radical (unpaired) electrons. The molecule has 10 nitrogen and oxygen atoms in total. The Balaban J connectivity index is 1.40. The number of fused-ring (bicyclic) bond motifs is 8. The van der Waals surface area contributed by atoms with Gasteiger partial charge in [-0.3, -0.25) is 9.59 Å². The van der Waals surface area contributed by atoms with Crippen LogP contribution in [0.4, 0.5) is 5.69 Å². The lowest BCUT2D eigenvalue weighted by atomic mass is 9.86. The maximum atomic E-state index is 13.2. The standard InChI is InChI=1S/C36H48N2O8/c1-20-12-11-15-24-18-27-30-25(34(45-27)28(44-4)19-29(39)38-31(30)33(24)41)16-9-6-10-17-26(21(2)32(20)40)46-36(43)22(3)37-35(42)23-13-7-5-8-14-23/h6,9-10,12,16,18,21-23,25-26,28,32,34,40-41H,5,7-8,11,13-15,17,19H2,1-4H3,(H,37,42)(H,38,39)/b10-6+,16-9?,20-12-/t21-,22+,25-,26-,28+,32-,34+/m0/s1. The van der Waals surface area contributed by atoms with E-state index in [-0.39, 0.29) is 35.8 Å². The number of carbonyl (C=O) groups is 3. The van der Waals surface area contributed by atoms with E-state index in [1.54, 1.807) is 14.0 Å². The van der Waals surface area contributed by atoms with Gasteiger partial charge in [-0.2, -0.15) is 0 Å². The Hall–Kier alpha value is -3.63. The van der Waals surface area contributed by atoms with E-state index >= 15 is 0 Å². The topological polar surface area (TPSA) is 143 Å². The largest absolute Gasteiger partial charge is 0.505 e. The molecule has 0 saturated heterocycles. The Morgan fingerprint density at radius 2 is 1.91 bits per heavy atom. The molecule has 1 saturated carbocycles. The second kappa shape index (κ2) is 14.9. The number of nitrogens with one attached hydrogen (secondary N) is 2. The highest BCUT2D eigenvalue weighted by molar-refractivity contribution is 5.95. The molecule has 4 N–H and O–H groups in total. The summed E-state index contributed by atoms with van der Waals surface area (Å²) in [5, 5.41) is 28.4. The van der Waals surface area contributed by atoms with Gasteiger partial charge >= 0.3 is 5.97 Å². The fourth-order valence-electron chi connectivity index (χ4n) is 7.11. The van der Waals surface area contributed by atoms with Gasteiger partial charge in [-0.15, -0.1) is 0 Å². The Bertz CT molecular complexity index is 1390. The first-order valence-electron chi connectivity index (χ1n) is 16.7. The molecule has 2 heterocycles. The predicted octanol–water partition coefficient (Wildman–Crippen LogP) is 4.98. The Kier molecular flexibility index (Phi) is 10.9. The third kappa shape index (κ3) is 7.33. The third-order valence-corrected chi connectivity index (χ3v) is 9.97. The van der Waals surface area contributed by atoms with Crippen molar-refractivity contribution in [1.82, 2.24) is 5.32 Å². The number of aliphatic hydroxyl groups is 1. The van der Waals surface area contributed by atoms with E-state index in [1.165, 1.54) is 0 Å². The van der Waals surface area contributed by atoms with Crippen LogP contribution >= 0.6 is 0 Å². The highest BCUT2D eigenvalue weighted by Crippen LogP contribution is 2.51. The van der Waals surface area contributed by atoms with Gasteiger partial charge in [0.2, 0.25) is 11.8 Å². The van der Waals surface area contributed by atoms with Crippen LogP contribution in [0.1, 0.15) is 89.2 Å². The van der Waals surface area contributed by atoms with Crippen molar-refractivity contribution in [2.75, 3.05) is 12.4 Å². The first-order valence-corrected chi connectivity index (χ1v) is 16.7. The van der Waals surface area contributed by atoms with Crippen LogP contribution < -0.4 is 15.4 Å². The molecule has 0 aromatic heterocycles. The molecule has 2 aliphatic heterocycles. The lowest BCUT2D eigenvalue weighted by molar-refractivity contribution is -0.156. The van der Waals surface area contributed by atoms with Crippen LogP contribution in [0.3, 0.4) is 0 Å². The van der Waals surface area contributed by atoms with Gasteiger partial charge < -0.3 is 35.1 Å². The second-order valence-corrected chi connectivity index (χ2v) is 13.2. The first kappa shape index (κ1) is 33.7. The molecule has 7 atom stereocenters. The number of amides is 2. The number of allylic oxidation sites excluding steroid dienone is 3. The number of hydrogen-bond donors (Lipinski definition) is 4. The number of ether oxygens (including phenoxy) is 3. The van der Waals surface area contributed by atoms with Crippen LogP contribution in [0, 0.1) is 11.8 Å². The van der Waals surface area contributed by atoms with E-state index in [1.807, 2.05) is 50.3 Å². The molecule has 5 aliphatic rings. The molecule has 250 valence electrons. The van der Waals surface area contributed by atoms with Crippen molar-refractivity contribution in [2.24, 2.45) is 11.8 Å². The minimum absolute atomic E-state index is 0.0159. The number of aliphatic hydroxyl groups excluding tert-OH is 1. The Labute approximate surface area is 271 Å². The van der Waals surface area contributed by atoms with E-state index in [0.717, 1.165) is 32.1 Å². The normalized spacial score (nSPS) is 31.0. The monoisotopic (exact) mass is 636 g/mol. The molecule has 6 bridgehead atoms. The fraction of sp³-hybridized carbons (Fsp3) is 0.583. The molecule has 1 aromatic carbocycles. The number of rotatable bonds is 5. The second-order valence-electron chi connectivity index (χ2n) is 13.2. The minimum atomic E-state index is -0.890. The summed E-state index contributed by atoms with van der Waals surface area (Å²) in [5.41, 5.74) is 2.41. The average Bonchev–Trinajstić information content (AvgIpc) is 3.42. The number of phenols is 1. The number of phenolic OH excluding ortho intramolecular Hbond substituents is 1. The number of hydrogen-bond acceptors (Lipinski definition) is 8. The fourth-order valence-corrected chi connectivity index (χ4v) is 7.11. The first-order chi connectivity index (χ1) is 22.1. The quantitative estimate of drug-likeness (QED) is 0.201. The number of benzene rings is 1. The van der Waals surface area contributed by atoms with Crippen molar-refractivity contribution in [2.45, 2.75) is 115 Å². The maximum Gasteiger partial charge on any atom is 0.328 e. The van der Waals surface area contributed by atoms with E-state index in [2.05, 4.69) is 10.6 Å². The average molecular weight is 637 g/mol. The summed E-state index contributed by atoms with van der Waals surface area (Å²) in [7, 11) is 1.56. The van der Waals surface area contributed by atoms with Crippen LogP contribution in [-0.4, -0.2) is 65.6 Å². The van der Waals surface area contributed by atoms with Crippen molar-refractivity contribution >= 4 is 23.5 Å². The summed E-state index contributed by atoms with van der Waals surface area (Å²) in [6.45, 7) is 5.33. The summed E-state index contributed by atoms with van der Waals surface area (Å²) < 4.78 is 18.0. The molecule has 2 amide bonds. The number of methoxy groups -OCH3 is 1. The number of aromatic hydroxyl groups is 1. The SMILES string of the molecule is CO[C@@H]1CC(=O)Nc2c(O)c3cc4c2[C@H](C=C/C=C/C[C@H](OC(=O)[C@@H](C)NC(=O)C2CCCCC2)[C@H](C)[C@@H](O)/C(C)=C\CC3)[C@H]1O4. The third-order valence-electron chi connectivity index (χ3n) is 9.97. The van der Waals surface area contributed by atoms with Crippen LogP contribution in [-0.2, 0) is 30.3 Å².